The smallest absolute Gasteiger partial charge is 0.123 e. The number of hydrogen-bond acceptors (Lipinski definition) is 2. The van der Waals surface area contributed by atoms with Crippen molar-refractivity contribution in [1.82, 2.24) is 0 Å². The van der Waals surface area contributed by atoms with Crippen molar-refractivity contribution in [3.8, 4) is 10.4 Å². The van der Waals surface area contributed by atoms with Crippen LogP contribution in [-0.2, 0) is 6.54 Å². The third-order valence-electron chi connectivity index (χ3n) is 3.49. The Balaban J connectivity index is 1.83. The molecule has 0 amide bonds. The predicted octanol–water partition coefficient (Wildman–Crippen LogP) is 5.47. The minimum Gasteiger partial charge on any atom is -0.380 e. The zero-order valence-electron chi connectivity index (χ0n) is 11.8. The number of anilines is 1. The number of rotatable bonds is 4. The molecule has 0 aliphatic carbocycles. The Morgan fingerprint density at radius 3 is 2.67 bits per heavy atom. The molecule has 106 valence electrons. The van der Waals surface area contributed by atoms with Gasteiger partial charge in [-0.2, -0.15) is 0 Å². The minimum atomic E-state index is -0.185. The van der Waals surface area contributed by atoms with Crippen LogP contribution in [0.5, 0.6) is 0 Å². The van der Waals surface area contributed by atoms with Crippen molar-refractivity contribution in [3.05, 3.63) is 76.9 Å². The average Bonchev–Trinajstić information content (AvgIpc) is 3.01. The fourth-order valence-electron chi connectivity index (χ4n) is 2.33. The Morgan fingerprint density at radius 1 is 1.05 bits per heavy atom. The maximum atomic E-state index is 13.1. The summed E-state index contributed by atoms with van der Waals surface area (Å²) in [7, 11) is 0. The molecule has 0 saturated heterocycles. The molecular formula is C18H16FNS. The van der Waals surface area contributed by atoms with Crippen LogP contribution >= 0.6 is 11.3 Å². The summed E-state index contributed by atoms with van der Waals surface area (Å²) in [4.78, 5) is 1.24. The minimum absolute atomic E-state index is 0.185. The molecule has 3 heteroatoms. The summed E-state index contributed by atoms with van der Waals surface area (Å²) in [6.07, 6.45) is 0. The molecule has 0 unspecified atom stereocenters. The summed E-state index contributed by atoms with van der Waals surface area (Å²) >= 11 is 1.73. The second-order valence-corrected chi connectivity index (χ2v) is 5.89. The molecule has 0 aliphatic heterocycles. The number of thiophene rings is 1. The molecular weight excluding hydrogens is 281 g/mol. The lowest BCUT2D eigenvalue weighted by Gasteiger charge is -2.12. The van der Waals surface area contributed by atoms with Gasteiger partial charge in [0.05, 0.1) is 0 Å². The van der Waals surface area contributed by atoms with Gasteiger partial charge >= 0.3 is 0 Å². The Bertz CT molecular complexity index is 735. The number of halogens is 1. The van der Waals surface area contributed by atoms with Crippen LogP contribution in [0.25, 0.3) is 10.4 Å². The van der Waals surface area contributed by atoms with Gasteiger partial charge in [-0.1, -0.05) is 30.3 Å². The first-order chi connectivity index (χ1) is 10.2. The topological polar surface area (TPSA) is 12.0 Å². The molecule has 3 aromatic rings. The predicted molar refractivity (Wildman–Crippen MR) is 88.2 cm³/mol. The normalized spacial score (nSPS) is 10.6. The lowest BCUT2D eigenvalue weighted by atomic mass is 10.1. The third kappa shape index (κ3) is 3.14. The number of benzene rings is 2. The van der Waals surface area contributed by atoms with E-state index in [9.17, 15) is 4.39 Å². The first-order valence-corrected chi connectivity index (χ1v) is 7.74. The van der Waals surface area contributed by atoms with Crippen molar-refractivity contribution in [1.29, 1.82) is 0 Å². The van der Waals surface area contributed by atoms with Crippen LogP contribution in [0.15, 0.2) is 60.0 Å². The van der Waals surface area contributed by atoms with Crippen LogP contribution in [0, 0.1) is 12.7 Å². The van der Waals surface area contributed by atoms with Gasteiger partial charge in [0.1, 0.15) is 5.82 Å². The molecule has 1 heterocycles. The molecule has 0 fully saturated rings. The van der Waals surface area contributed by atoms with E-state index in [0.29, 0.717) is 6.54 Å². The SMILES string of the molecule is Cc1cc(F)ccc1CNc1ccccc1-c1cccs1. The average molecular weight is 297 g/mol. The number of hydrogen-bond donors (Lipinski definition) is 1. The molecule has 0 aliphatic rings. The van der Waals surface area contributed by atoms with Crippen LogP contribution < -0.4 is 5.32 Å². The number of nitrogens with one attached hydrogen (secondary N) is 1. The molecule has 1 aromatic heterocycles. The van der Waals surface area contributed by atoms with Crippen LogP contribution in [0.4, 0.5) is 10.1 Å². The Morgan fingerprint density at radius 2 is 1.90 bits per heavy atom. The van der Waals surface area contributed by atoms with Gasteiger partial charge in [0.25, 0.3) is 0 Å². The molecule has 21 heavy (non-hydrogen) atoms. The Labute approximate surface area is 128 Å². The van der Waals surface area contributed by atoms with Crippen LogP contribution in [0.1, 0.15) is 11.1 Å². The van der Waals surface area contributed by atoms with Crippen molar-refractivity contribution in [2.45, 2.75) is 13.5 Å². The van der Waals surface area contributed by atoms with Crippen molar-refractivity contribution in [2.75, 3.05) is 5.32 Å². The van der Waals surface area contributed by atoms with E-state index in [0.717, 1.165) is 16.8 Å². The number of aryl methyl sites for hydroxylation is 1. The zero-order chi connectivity index (χ0) is 14.7. The highest BCUT2D eigenvalue weighted by Gasteiger charge is 2.06. The van der Waals surface area contributed by atoms with Gasteiger partial charge in [0.15, 0.2) is 0 Å². The van der Waals surface area contributed by atoms with E-state index in [-0.39, 0.29) is 5.82 Å². The van der Waals surface area contributed by atoms with Gasteiger partial charge < -0.3 is 5.32 Å². The van der Waals surface area contributed by atoms with Gasteiger partial charge in [0, 0.05) is 22.7 Å². The summed E-state index contributed by atoms with van der Waals surface area (Å²) in [5, 5.41) is 5.54. The Hall–Kier alpha value is -2.13. The van der Waals surface area contributed by atoms with E-state index in [1.807, 2.05) is 25.1 Å². The fourth-order valence-corrected chi connectivity index (χ4v) is 3.10. The van der Waals surface area contributed by atoms with Crippen LogP contribution in [-0.4, -0.2) is 0 Å². The third-order valence-corrected chi connectivity index (χ3v) is 4.39. The van der Waals surface area contributed by atoms with Crippen molar-refractivity contribution < 1.29 is 4.39 Å². The monoisotopic (exact) mass is 297 g/mol. The van der Waals surface area contributed by atoms with Gasteiger partial charge in [0.2, 0.25) is 0 Å². The highest BCUT2D eigenvalue weighted by Crippen LogP contribution is 2.31. The van der Waals surface area contributed by atoms with Crippen molar-refractivity contribution in [3.63, 3.8) is 0 Å². The largest absolute Gasteiger partial charge is 0.380 e. The summed E-state index contributed by atoms with van der Waals surface area (Å²) in [6.45, 7) is 2.62. The molecule has 0 bridgehead atoms. The van der Waals surface area contributed by atoms with E-state index in [4.69, 9.17) is 0 Å². The highest BCUT2D eigenvalue weighted by molar-refractivity contribution is 7.13. The Kier molecular flexibility index (Phi) is 4.02. The summed E-state index contributed by atoms with van der Waals surface area (Å²) in [6, 6.07) is 17.4. The molecule has 1 N–H and O–H groups in total. The maximum absolute atomic E-state index is 13.1. The maximum Gasteiger partial charge on any atom is 0.123 e. The van der Waals surface area contributed by atoms with E-state index < -0.39 is 0 Å². The molecule has 2 aromatic carbocycles. The lowest BCUT2D eigenvalue weighted by molar-refractivity contribution is 0.625. The molecule has 0 spiro atoms. The van der Waals surface area contributed by atoms with E-state index in [1.165, 1.54) is 16.5 Å². The van der Waals surface area contributed by atoms with Crippen molar-refractivity contribution >= 4 is 17.0 Å². The zero-order valence-corrected chi connectivity index (χ0v) is 12.6. The summed E-state index contributed by atoms with van der Waals surface area (Å²) in [5.41, 5.74) is 4.38. The van der Waals surface area contributed by atoms with E-state index in [1.54, 1.807) is 17.4 Å². The summed E-state index contributed by atoms with van der Waals surface area (Å²) < 4.78 is 13.1. The second kappa shape index (κ2) is 6.10. The first-order valence-electron chi connectivity index (χ1n) is 6.86. The lowest BCUT2D eigenvalue weighted by Crippen LogP contribution is -2.02. The standard InChI is InChI=1S/C18H16FNS/c1-13-11-15(19)9-8-14(13)12-20-17-6-3-2-5-16(17)18-7-4-10-21-18/h2-11,20H,12H2,1H3. The second-order valence-electron chi connectivity index (χ2n) is 4.95. The molecule has 0 saturated carbocycles. The first kappa shape index (κ1) is 13.8. The van der Waals surface area contributed by atoms with Gasteiger partial charge in [-0.3, -0.25) is 0 Å². The summed E-state index contributed by atoms with van der Waals surface area (Å²) in [5.74, 6) is -0.185. The number of para-hydroxylation sites is 1. The quantitative estimate of drug-likeness (QED) is 0.673. The molecule has 0 radical (unpaired) electrons. The van der Waals surface area contributed by atoms with Crippen LogP contribution in [0.3, 0.4) is 0 Å². The molecule has 1 nitrogen and oxygen atoms in total. The molecule has 3 rings (SSSR count). The van der Waals surface area contributed by atoms with Crippen molar-refractivity contribution in [2.24, 2.45) is 0 Å². The molecule has 0 atom stereocenters. The van der Waals surface area contributed by atoms with Crippen LogP contribution in [0.2, 0.25) is 0 Å². The van der Waals surface area contributed by atoms with E-state index in [2.05, 4.69) is 35.0 Å². The van der Waals surface area contributed by atoms with Gasteiger partial charge in [-0.15, -0.1) is 11.3 Å². The fraction of sp³-hybridized carbons (Fsp3) is 0.111. The van der Waals surface area contributed by atoms with Gasteiger partial charge in [-0.05, 0) is 47.7 Å². The highest BCUT2D eigenvalue weighted by atomic mass is 32.1. The van der Waals surface area contributed by atoms with Gasteiger partial charge in [-0.25, -0.2) is 4.39 Å². The van der Waals surface area contributed by atoms with E-state index >= 15 is 0 Å².